The molecule has 0 bridgehead atoms. The number of carbonyl (C=O) groups excluding carboxylic acids is 7. The average molecular weight is 1230 g/mol. The first-order valence-electron chi connectivity index (χ1n) is 22.7. The number of rotatable bonds is 21. The number of nitrogens with two attached hydrogens (primary N) is 1. The standard InChI is InChI=1S/C16H16F3NO2S.2C8H13ClO3.C8H6F3NS.C8H14O3.Cl2O2S/c1-3-4-5-12-13(15(21)22-2)23-14(20-12)10-6-8-11(9-7-10)16(17,18)19;2*1-3-4-5-6(10)7(9)8(11)12-2;9-8(10,11)6-3-1-5(2-4-6)7(12)13;1-3-4-5-7(9)6-8(10)11-2;1-5(2,3)4/h6-9H,3-5H2,1-2H3;2*7H,3-5H2,1-2H3;1-4H,(H2,12,13);3-6H2,1-2H3;. The number of halogens is 10. The summed E-state index contributed by atoms with van der Waals surface area (Å²) >= 11 is 16.7. The number of Topliss-reactive ketones (excluding diaryl/α,β-unsaturated/α-hetero) is 3. The number of aryl methyl sites for hydroxylation is 1. The van der Waals surface area contributed by atoms with Gasteiger partial charge in [-0.2, -0.15) is 34.8 Å². The highest BCUT2D eigenvalue weighted by Gasteiger charge is 2.31. The Morgan fingerprint density at radius 3 is 1.36 bits per heavy atom. The minimum atomic E-state index is -4.37. The lowest BCUT2D eigenvalue weighted by atomic mass is 10.1. The van der Waals surface area contributed by atoms with E-state index in [2.05, 4.69) is 52.8 Å². The van der Waals surface area contributed by atoms with Gasteiger partial charge in [0.1, 0.15) is 27.1 Å². The Kier molecular flexibility index (Phi) is 40.6. The number of unbranched alkanes of at least 4 members (excludes halogenated alkanes) is 4. The van der Waals surface area contributed by atoms with E-state index in [0.29, 0.717) is 52.4 Å². The predicted octanol–water partition coefficient (Wildman–Crippen LogP) is 12.4. The number of hydrogen-bond acceptors (Lipinski definition) is 16. The number of benzene rings is 2. The summed E-state index contributed by atoms with van der Waals surface area (Å²) in [6.45, 7) is 7.97. The number of carbonyl (C=O) groups is 7. The van der Waals surface area contributed by atoms with Gasteiger partial charge < -0.3 is 24.7 Å². The summed E-state index contributed by atoms with van der Waals surface area (Å²) in [7, 11) is 9.82. The van der Waals surface area contributed by atoms with Crippen LogP contribution < -0.4 is 5.73 Å². The molecule has 0 spiro atoms. The Morgan fingerprint density at radius 2 is 1.03 bits per heavy atom. The van der Waals surface area contributed by atoms with Crippen LogP contribution >= 0.6 is 68.1 Å². The fraction of sp³-hybridized carbons (Fsp3) is 0.521. The van der Waals surface area contributed by atoms with Gasteiger partial charge in [-0.1, -0.05) is 89.9 Å². The van der Waals surface area contributed by atoms with Crippen molar-refractivity contribution in [2.75, 3.05) is 28.4 Å². The second-order valence-corrected chi connectivity index (χ2v) is 21.1. The summed E-state index contributed by atoms with van der Waals surface area (Å²) in [5.74, 6) is -2.79. The zero-order valence-electron chi connectivity index (χ0n) is 42.8. The van der Waals surface area contributed by atoms with Gasteiger partial charge in [-0.25, -0.2) is 19.4 Å². The van der Waals surface area contributed by atoms with Gasteiger partial charge in [0.05, 0.1) is 45.3 Å². The maximum absolute atomic E-state index is 12.6. The molecule has 1 heterocycles. The van der Waals surface area contributed by atoms with Crippen LogP contribution in [0.25, 0.3) is 10.6 Å². The molecule has 0 radical (unpaired) electrons. The van der Waals surface area contributed by atoms with Gasteiger partial charge in [0.2, 0.25) is 0 Å². The molecular formula is C48H62Cl4F6N2O13S3. The molecular weight excluding hydrogens is 1160 g/mol. The molecule has 1 aromatic heterocycles. The Labute approximate surface area is 467 Å². The van der Waals surface area contributed by atoms with Crippen LogP contribution in [0.1, 0.15) is 137 Å². The van der Waals surface area contributed by atoms with E-state index in [-0.39, 0.29) is 28.8 Å². The van der Waals surface area contributed by atoms with Crippen molar-refractivity contribution in [2.24, 2.45) is 5.73 Å². The van der Waals surface area contributed by atoms with Crippen LogP contribution in [0.2, 0.25) is 0 Å². The second-order valence-electron chi connectivity index (χ2n) is 15.1. The molecule has 0 saturated carbocycles. The molecule has 2 aromatic carbocycles. The summed E-state index contributed by atoms with van der Waals surface area (Å²) in [6.07, 6.45) is 0.0845. The number of ether oxygens (including phenoxy) is 4. The zero-order valence-corrected chi connectivity index (χ0v) is 48.3. The third-order valence-corrected chi connectivity index (χ3v) is 11.3. The molecule has 430 valence electrons. The van der Waals surface area contributed by atoms with Crippen molar-refractivity contribution in [2.45, 2.75) is 134 Å². The number of hydrogen-bond donors (Lipinski definition) is 1. The quantitative estimate of drug-likeness (QED) is 0.0199. The van der Waals surface area contributed by atoms with Gasteiger partial charge in [-0.05, 0) is 56.4 Å². The van der Waals surface area contributed by atoms with Crippen LogP contribution in [-0.4, -0.2) is 98.8 Å². The van der Waals surface area contributed by atoms with Gasteiger partial charge in [0.15, 0.2) is 22.3 Å². The maximum Gasteiger partial charge on any atom is 0.416 e. The van der Waals surface area contributed by atoms with Crippen molar-refractivity contribution in [3.05, 3.63) is 75.8 Å². The summed E-state index contributed by atoms with van der Waals surface area (Å²) in [6, 6.07) is 9.18. The Balaban J connectivity index is -0.000000886. The monoisotopic (exact) mass is 1220 g/mol. The van der Waals surface area contributed by atoms with Crippen molar-refractivity contribution in [3.8, 4) is 10.6 Å². The lowest BCUT2D eigenvalue weighted by molar-refractivity contribution is -0.144. The molecule has 0 aliphatic heterocycles. The maximum atomic E-state index is 12.6. The van der Waals surface area contributed by atoms with Crippen molar-refractivity contribution < 1.29 is 87.3 Å². The molecule has 0 aliphatic rings. The molecule has 2 atom stereocenters. The summed E-state index contributed by atoms with van der Waals surface area (Å²) in [4.78, 5) is 81.8. The van der Waals surface area contributed by atoms with E-state index in [1.54, 1.807) is 0 Å². The van der Waals surface area contributed by atoms with E-state index in [0.717, 1.165) is 87.0 Å². The number of aromatic nitrogens is 1. The van der Waals surface area contributed by atoms with E-state index in [1.807, 2.05) is 27.7 Å². The Hall–Kier alpha value is -4.46. The molecule has 15 nitrogen and oxygen atoms in total. The van der Waals surface area contributed by atoms with Crippen LogP contribution in [0.4, 0.5) is 26.3 Å². The van der Waals surface area contributed by atoms with Gasteiger partial charge in [-0.15, -0.1) is 34.5 Å². The van der Waals surface area contributed by atoms with Crippen LogP contribution in [0.5, 0.6) is 0 Å². The van der Waals surface area contributed by atoms with E-state index >= 15 is 0 Å². The molecule has 0 saturated heterocycles. The first-order valence-corrected chi connectivity index (χ1v) is 27.9. The summed E-state index contributed by atoms with van der Waals surface area (Å²) in [5, 5.41) is -1.73. The molecule has 2 unspecified atom stereocenters. The third kappa shape index (κ3) is 35.8. The van der Waals surface area contributed by atoms with Crippen molar-refractivity contribution >= 4 is 123 Å². The molecule has 0 amide bonds. The van der Waals surface area contributed by atoms with E-state index in [1.165, 1.54) is 52.7 Å². The number of esters is 4. The van der Waals surface area contributed by atoms with Crippen LogP contribution in [0.3, 0.4) is 0 Å². The molecule has 3 aromatic rings. The topological polar surface area (TPSA) is 229 Å². The number of nitrogens with zero attached hydrogens (tertiary/aromatic N) is 1. The molecule has 2 N–H and O–H groups in total. The normalized spacial score (nSPS) is 11.4. The molecule has 0 aliphatic carbocycles. The first kappa shape index (κ1) is 75.8. The van der Waals surface area contributed by atoms with Crippen LogP contribution in [-0.2, 0) is 74.8 Å². The minimum Gasteiger partial charge on any atom is -0.469 e. The van der Waals surface area contributed by atoms with Gasteiger partial charge >= 0.3 is 44.5 Å². The summed E-state index contributed by atoms with van der Waals surface area (Å²) in [5.41, 5.74) is 5.43. The SMILES string of the molecule is CCCCC(=O)C(Cl)C(=O)OC.CCCCC(=O)C(Cl)C(=O)OC.CCCCC(=O)CC(=O)OC.CCCCc1nc(-c2ccc(C(F)(F)F)cc2)sc1C(=O)OC.NC(=S)c1ccc(C(F)(F)F)cc1.O=S(=O)(Cl)Cl. The average Bonchev–Trinajstić information content (AvgIpc) is 3.81. The number of ketones is 3. The Bertz CT molecular complexity index is 2330. The van der Waals surface area contributed by atoms with Gasteiger partial charge in [0, 0.05) is 51.8 Å². The lowest BCUT2D eigenvalue weighted by Gasteiger charge is -2.06. The zero-order chi connectivity index (χ0) is 59.4. The Morgan fingerprint density at radius 1 is 0.645 bits per heavy atom. The number of methoxy groups -OCH3 is 4. The fourth-order valence-corrected chi connectivity index (χ4v) is 6.55. The predicted molar refractivity (Wildman–Crippen MR) is 284 cm³/mol. The molecule has 28 heteroatoms. The molecule has 0 fully saturated rings. The van der Waals surface area contributed by atoms with E-state index in [9.17, 15) is 59.9 Å². The fourth-order valence-electron chi connectivity index (χ4n) is 4.99. The second kappa shape index (κ2) is 40.7. The van der Waals surface area contributed by atoms with E-state index < -0.39 is 66.4 Å². The molecule has 3 rings (SSSR count). The number of thiocarbonyl (C=S) groups is 1. The highest BCUT2D eigenvalue weighted by atomic mass is 36.0. The van der Waals surface area contributed by atoms with Crippen molar-refractivity contribution in [1.29, 1.82) is 0 Å². The number of alkyl halides is 8. The van der Waals surface area contributed by atoms with Gasteiger partial charge in [-0.3, -0.25) is 19.2 Å². The highest BCUT2D eigenvalue weighted by Crippen LogP contribution is 2.34. The first-order chi connectivity index (χ1) is 35.2. The summed E-state index contributed by atoms with van der Waals surface area (Å²) < 4.78 is 110. The molecule has 76 heavy (non-hydrogen) atoms. The smallest absolute Gasteiger partial charge is 0.416 e. The minimum absolute atomic E-state index is 0.0290. The van der Waals surface area contributed by atoms with Crippen LogP contribution in [0.15, 0.2) is 48.5 Å². The number of thiazole rings is 1. The van der Waals surface area contributed by atoms with Crippen molar-refractivity contribution in [3.63, 3.8) is 0 Å². The van der Waals surface area contributed by atoms with Gasteiger partial charge in [0.25, 0.3) is 0 Å². The third-order valence-electron chi connectivity index (χ3n) is 9.10. The lowest BCUT2D eigenvalue weighted by Crippen LogP contribution is -2.25. The largest absolute Gasteiger partial charge is 0.469 e. The van der Waals surface area contributed by atoms with E-state index in [4.69, 9.17) is 42.1 Å². The highest BCUT2D eigenvalue weighted by molar-refractivity contribution is 8.31. The van der Waals surface area contributed by atoms with Crippen LogP contribution in [0, 0.1) is 0 Å². The van der Waals surface area contributed by atoms with Crippen molar-refractivity contribution in [1.82, 2.24) is 4.98 Å².